The Balaban J connectivity index is 1.59. The number of carbonyl (C=O) groups is 1. The molecule has 0 unspecified atom stereocenters. The number of rotatable bonds is 5. The van der Waals surface area contributed by atoms with Crippen LogP contribution in [-0.2, 0) is 4.79 Å². The van der Waals surface area contributed by atoms with Crippen molar-refractivity contribution >= 4 is 17.5 Å². The number of carbonyl (C=O) groups excluding carboxylic acids is 1. The van der Waals surface area contributed by atoms with Crippen molar-refractivity contribution in [1.29, 1.82) is 0 Å². The van der Waals surface area contributed by atoms with E-state index < -0.39 is 6.04 Å². The number of methoxy groups -OCH3 is 1. The van der Waals surface area contributed by atoms with Crippen LogP contribution in [0.2, 0.25) is 0 Å². The van der Waals surface area contributed by atoms with Crippen molar-refractivity contribution in [3.8, 4) is 17.1 Å². The molecule has 1 aliphatic rings. The molecule has 0 saturated heterocycles. The summed E-state index contributed by atoms with van der Waals surface area (Å²) in [6, 6.07) is 18.8. The first-order chi connectivity index (χ1) is 16.5. The SMILES string of the molecule is COc1ccc(-c2nc3n(n2)[C@@H](c2cccc(C)c2)C(C(=O)Nc2cccnc2)=C(C)N3)cc1. The average molecular weight is 453 g/mol. The zero-order valence-corrected chi connectivity index (χ0v) is 19.1. The molecule has 4 aromatic rings. The van der Waals surface area contributed by atoms with Crippen LogP contribution in [0.4, 0.5) is 11.6 Å². The van der Waals surface area contributed by atoms with Gasteiger partial charge in [-0.3, -0.25) is 9.78 Å². The number of aryl methyl sites for hydroxylation is 1. The highest BCUT2D eigenvalue weighted by Gasteiger charge is 2.34. The van der Waals surface area contributed by atoms with E-state index in [1.54, 1.807) is 36.3 Å². The number of ether oxygens (including phenoxy) is 1. The van der Waals surface area contributed by atoms with E-state index in [2.05, 4.69) is 21.7 Å². The standard InChI is InChI=1S/C26H24N6O2/c1-16-6-4-7-19(14-16)23-22(25(33)29-20-8-5-13-27-15-20)17(2)28-26-30-24(31-32(23)26)18-9-11-21(34-3)12-10-18/h4-15,23H,1-3H3,(H,29,33)(H,28,30,31)/t23-/m0/s1. The third-order valence-corrected chi connectivity index (χ3v) is 5.72. The second kappa shape index (κ2) is 8.82. The Morgan fingerprint density at radius 2 is 1.91 bits per heavy atom. The highest BCUT2D eigenvalue weighted by molar-refractivity contribution is 6.05. The molecule has 5 rings (SSSR count). The molecule has 0 aliphatic carbocycles. The quantitative estimate of drug-likeness (QED) is 0.460. The highest BCUT2D eigenvalue weighted by atomic mass is 16.5. The molecule has 2 N–H and O–H groups in total. The largest absolute Gasteiger partial charge is 0.497 e. The fourth-order valence-corrected chi connectivity index (χ4v) is 4.09. The first-order valence-electron chi connectivity index (χ1n) is 10.9. The first kappa shape index (κ1) is 21.4. The van der Waals surface area contributed by atoms with Gasteiger partial charge in [-0.25, -0.2) is 4.68 Å². The van der Waals surface area contributed by atoms with Gasteiger partial charge in [0.1, 0.15) is 11.8 Å². The van der Waals surface area contributed by atoms with Crippen molar-refractivity contribution in [2.75, 3.05) is 17.7 Å². The Kier molecular flexibility index (Phi) is 5.55. The fraction of sp³-hybridized carbons (Fsp3) is 0.154. The van der Waals surface area contributed by atoms with Gasteiger partial charge in [0.15, 0.2) is 5.82 Å². The minimum absolute atomic E-state index is 0.225. The van der Waals surface area contributed by atoms with Crippen LogP contribution in [0.5, 0.6) is 5.75 Å². The summed E-state index contributed by atoms with van der Waals surface area (Å²) in [4.78, 5) is 22.3. The van der Waals surface area contributed by atoms with E-state index in [1.165, 1.54) is 0 Å². The van der Waals surface area contributed by atoms with Gasteiger partial charge in [-0.05, 0) is 55.8 Å². The summed E-state index contributed by atoms with van der Waals surface area (Å²) in [7, 11) is 1.63. The minimum Gasteiger partial charge on any atom is -0.497 e. The van der Waals surface area contributed by atoms with Gasteiger partial charge < -0.3 is 15.4 Å². The number of nitrogens with zero attached hydrogens (tertiary/aromatic N) is 4. The molecule has 0 bridgehead atoms. The molecule has 0 fully saturated rings. The van der Waals surface area contributed by atoms with Gasteiger partial charge >= 0.3 is 0 Å². The lowest BCUT2D eigenvalue weighted by atomic mass is 9.94. The van der Waals surface area contributed by atoms with Gasteiger partial charge in [-0.2, -0.15) is 4.98 Å². The van der Waals surface area contributed by atoms with Crippen LogP contribution in [0.3, 0.4) is 0 Å². The van der Waals surface area contributed by atoms with Gasteiger partial charge in [0.25, 0.3) is 5.91 Å². The molecule has 2 aromatic carbocycles. The normalized spacial score (nSPS) is 14.9. The van der Waals surface area contributed by atoms with E-state index in [-0.39, 0.29) is 5.91 Å². The molecule has 34 heavy (non-hydrogen) atoms. The molecular formula is C26H24N6O2. The maximum atomic E-state index is 13.5. The molecular weight excluding hydrogens is 428 g/mol. The lowest BCUT2D eigenvalue weighted by Crippen LogP contribution is -2.31. The lowest BCUT2D eigenvalue weighted by Gasteiger charge is -2.28. The van der Waals surface area contributed by atoms with E-state index in [1.807, 2.05) is 56.3 Å². The second-order valence-corrected chi connectivity index (χ2v) is 8.11. The van der Waals surface area contributed by atoms with Crippen LogP contribution < -0.4 is 15.4 Å². The Labute approximate surface area is 197 Å². The molecule has 0 spiro atoms. The second-order valence-electron chi connectivity index (χ2n) is 8.11. The number of amides is 1. The zero-order valence-electron chi connectivity index (χ0n) is 19.1. The zero-order chi connectivity index (χ0) is 23.7. The summed E-state index contributed by atoms with van der Waals surface area (Å²) < 4.78 is 7.04. The predicted octanol–water partition coefficient (Wildman–Crippen LogP) is 4.58. The molecule has 8 heteroatoms. The monoisotopic (exact) mass is 452 g/mol. The van der Waals surface area contributed by atoms with Gasteiger partial charge in [0, 0.05) is 17.5 Å². The van der Waals surface area contributed by atoms with Gasteiger partial charge in [0.2, 0.25) is 5.95 Å². The number of allylic oxidation sites excluding steroid dienone is 1. The number of nitrogens with one attached hydrogen (secondary N) is 2. The summed E-state index contributed by atoms with van der Waals surface area (Å²) >= 11 is 0. The number of fused-ring (bicyclic) bond motifs is 1. The fourth-order valence-electron chi connectivity index (χ4n) is 4.09. The van der Waals surface area contributed by atoms with Crippen molar-refractivity contribution in [3.63, 3.8) is 0 Å². The molecule has 2 aromatic heterocycles. The molecule has 3 heterocycles. The first-order valence-corrected chi connectivity index (χ1v) is 10.9. The molecule has 0 radical (unpaired) electrons. The Bertz CT molecular complexity index is 1380. The van der Waals surface area contributed by atoms with Crippen LogP contribution in [0.25, 0.3) is 11.4 Å². The Morgan fingerprint density at radius 1 is 1.09 bits per heavy atom. The van der Waals surface area contributed by atoms with E-state index >= 15 is 0 Å². The topological polar surface area (TPSA) is 94.0 Å². The van der Waals surface area contributed by atoms with Crippen molar-refractivity contribution in [1.82, 2.24) is 19.7 Å². The van der Waals surface area contributed by atoms with Crippen LogP contribution in [-0.4, -0.2) is 32.8 Å². The number of aromatic nitrogens is 4. The lowest BCUT2D eigenvalue weighted by molar-refractivity contribution is -0.113. The minimum atomic E-state index is -0.452. The van der Waals surface area contributed by atoms with E-state index in [4.69, 9.17) is 14.8 Å². The maximum absolute atomic E-state index is 13.5. The predicted molar refractivity (Wildman–Crippen MR) is 131 cm³/mol. The third-order valence-electron chi connectivity index (χ3n) is 5.72. The van der Waals surface area contributed by atoms with Gasteiger partial charge in [-0.15, -0.1) is 5.10 Å². The Hall–Kier alpha value is -4.46. The summed E-state index contributed by atoms with van der Waals surface area (Å²) in [5.74, 6) is 1.67. The number of hydrogen-bond donors (Lipinski definition) is 2. The van der Waals surface area contributed by atoms with Crippen molar-refractivity contribution < 1.29 is 9.53 Å². The maximum Gasteiger partial charge on any atom is 0.255 e. The van der Waals surface area contributed by atoms with Crippen molar-refractivity contribution in [2.45, 2.75) is 19.9 Å². The smallest absolute Gasteiger partial charge is 0.255 e. The Morgan fingerprint density at radius 3 is 2.62 bits per heavy atom. The van der Waals surface area contributed by atoms with Crippen molar-refractivity contribution in [3.05, 3.63) is 95.5 Å². The molecule has 1 atom stereocenters. The third kappa shape index (κ3) is 4.01. The van der Waals surface area contributed by atoms with Gasteiger partial charge in [0.05, 0.1) is 24.6 Å². The summed E-state index contributed by atoms with van der Waals surface area (Å²) in [5.41, 5.74) is 4.80. The molecule has 0 saturated carbocycles. The number of anilines is 2. The summed E-state index contributed by atoms with van der Waals surface area (Å²) in [6.07, 6.45) is 3.29. The van der Waals surface area contributed by atoms with Crippen LogP contribution >= 0.6 is 0 Å². The van der Waals surface area contributed by atoms with Gasteiger partial charge in [-0.1, -0.05) is 29.8 Å². The number of pyridine rings is 1. The molecule has 1 aliphatic heterocycles. The number of hydrogen-bond acceptors (Lipinski definition) is 6. The molecule has 8 nitrogen and oxygen atoms in total. The van der Waals surface area contributed by atoms with E-state index in [0.29, 0.717) is 28.7 Å². The molecule has 1 amide bonds. The van der Waals surface area contributed by atoms with Crippen LogP contribution in [0.15, 0.2) is 84.3 Å². The summed E-state index contributed by atoms with van der Waals surface area (Å²) in [6.45, 7) is 3.91. The van der Waals surface area contributed by atoms with E-state index in [9.17, 15) is 4.79 Å². The number of benzene rings is 2. The van der Waals surface area contributed by atoms with Crippen molar-refractivity contribution in [2.24, 2.45) is 0 Å². The highest BCUT2D eigenvalue weighted by Crippen LogP contribution is 2.37. The van der Waals surface area contributed by atoms with Crippen LogP contribution in [0.1, 0.15) is 24.1 Å². The average Bonchev–Trinajstić information content (AvgIpc) is 3.27. The summed E-state index contributed by atoms with van der Waals surface area (Å²) in [5, 5.41) is 11.0. The van der Waals surface area contributed by atoms with Crippen LogP contribution in [0, 0.1) is 6.92 Å². The molecule has 170 valence electrons. The van der Waals surface area contributed by atoms with E-state index in [0.717, 1.165) is 22.4 Å².